The number of carbonyl (C=O) groups excluding carboxylic acids is 1. The third kappa shape index (κ3) is 2.89. The Kier molecular flexibility index (Phi) is 4.10. The first-order chi connectivity index (χ1) is 9.00. The van der Waals surface area contributed by atoms with Crippen LogP contribution in [0, 0.1) is 19.7 Å². The molecule has 2 rings (SSSR count). The van der Waals surface area contributed by atoms with Crippen molar-refractivity contribution in [1.82, 2.24) is 4.57 Å². The molecular formula is C15H16FNOS. The van der Waals surface area contributed by atoms with Gasteiger partial charge in [0.2, 0.25) is 0 Å². The van der Waals surface area contributed by atoms with Crippen LogP contribution in [-0.2, 0) is 7.05 Å². The van der Waals surface area contributed by atoms with Gasteiger partial charge in [-0.3, -0.25) is 4.79 Å². The van der Waals surface area contributed by atoms with E-state index in [0.29, 0.717) is 4.90 Å². The van der Waals surface area contributed by atoms with Crippen LogP contribution in [0.4, 0.5) is 4.39 Å². The van der Waals surface area contributed by atoms with Crippen molar-refractivity contribution in [2.24, 2.45) is 7.05 Å². The standard InChI is InChI=1S/C15H16FNOS/c1-10-8-12(11(2)17(10)3)14(18)9-19-15-7-5-4-6-13(15)16/h4-8H,9H2,1-3H3. The molecule has 19 heavy (non-hydrogen) atoms. The number of hydrogen-bond acceptors (Lipinski definition) is 2. The van der Waals surface area contributed by atoms with E-state index in [1.807, 2.05) is 31.5 Å². The van der Waals surface area contributed by atoms with Crippen molar-refractivity contribution in [2.45, 2.75) is 18.7 Å². The number of carbonyl (C=O) groups is 1. The van der Waals surface area contributed by atoms with E-state index in [-0.39, 0.29) is 17.4 Å². The van der Waals surface area contributed by atoms with Gasteiger partial charge in [0, 0.05) is 28.9 Å². The second kappa shape index (κ2) is 5.61. The van der Waals surface area contributed by atoms with Crippen molar-refractivity contribution in [3.05, 3.63) is 53.1 Å². The second-order valence-corrected chi connectivity index (χ2v) is 5.50. The maximum Gasteiger partial charge on any atom is 0.174 e. The van der Waals surface area contributed by atoms with Crippen molar-refractivity contribution in [3.63, 3.8) is 0 Å². The van der Waals surface area contributed by atoms with Gasteiger partial charge in [0.05, 0.1) is 5.75 Å². The Labute approximate surface area is 116 Å². The Morgan fingerprint density at radius 3 is 2.58 bits per heavy atom. The lowest BCUT2D eigenvalue weighted by molar-refractivity contribution is 0.102. The zero-order valence-corrected chi connectivity index (χ0v) is 12.1. The van der Waals surface area contributed by atoms with Crippen LogP contribution in [0.2, 0.25) is 0 Å². The van der Waals surface area contributed by atoms with E-state index in [1.54, 1.807) is 18.2 Å². The topological polar surface area (TPSA) is 22.0 Å². The molecule has 0 bridgehead atoms. The molecule has 0 saturated heterocycles. The zero-order valence-electron chi connectivity index (χ0n) is 11.2. The summed E-state index contributed by atoms with van der Waals surface area (Å²) in [5, 5.41) is 0. The third-order valence-electron chi connectivity index (χ3n) is 3.27. The van der Waals surface area contributed by atoms with Crippen LogP contribution >= 0.6 is 11.8 Å². The fraction of sp³-hybridized carbons (Fsp3) is 0.267. The number of aryl methyl sites for hydroxylation is 1. The summed E-state index contributed by atoms with van der Waals surface area (Å²) < 4.78 is 15.4. The average molecular weight is 277 g/mol. The van der Waals surface area contributed by atoms with Gasteiger partial charge < -0.3 is 4.57 Å². The molecule has 0 spiro atoms. The quantitative estimate of drug-likeness (QED) is 0.627. The molecule has 4 heteroatoms. The van der Waals surface area contributed by atoms with E-state index in [4.69, 9.17) is 0 Å². The molecule has 0 unspecified atom stereocenters. The van der Waals surface area contributed by atoms with Gasteiger partial charge in [-0.25, -0.2) is 4.39 Å². The van der Waals surface area contributed by atoms with Crippen LogP contribution in [0.1, 0.15) is 21.7 Å². The van der Waals surface area contributed by atoms with E-state index in [0.717, 1.165) is 17.0 Å². The van der Waals surface area contributed by atoms with Gasteiger partial charge in [-0.1, -0.05) is 12.1 Å². The summed E-state index contributed by atoms with van der Waals surface area (Å²) in [6, 6.07) is 8.40. The van der Waals surface area contributed by atoms with E-state index in [2.05, 4.69) is 0 Å². The van der Waals surface area contributed by atoms with Gasteiger partial charge in [0.1, 0.15) is 5.82 Å². The van der Waals surface area contributed by atoms with Gasteiger partial charge in [-0.05, 0) is 32.0 Å². The molecule has 0 atom stereocenters. The molecule has 2 nitrogen and oxygen atoms in total. The Morgan fingerprint density at radius 1 is 1.32 bits per heavy atom. The lowest BCUT2D eigenvalue weighted by Gasteiger charge is -2.03. The maximum atomic E-state index is 13.5. The van der Waals surface area contributed by atoms with Crippen LogP contribution in [0.3, 0.4) is 0 Å². The largest absolute Gasteiger partial charge is 0.351 e. The molecule has 0 saturated carbocycles. The summed E-state index contributed by atoms with van der Waals surface area (Å²) in [7, 11) is 1.94. The lowest BCUT2D eigenvalue weighted by Crippen LogP contribution is -2.04. The van der Waals surface area contributed by atoms with Crippen LogP contribution in [0.25, 0.3) is 0 Å². The summed E-state index contributed by atoms with van der Waals surface area (Å²) in [4.78, 5) is 12.7. The molecule has 0 amide bonds. The van der Waals surface area contributed by atoms with Gasteiger partial charge >= 0.3 is 0 Å². The van der Waals surface area contributed by atoms with E-state index >= 15 is 0 Å². The Morgan fingerprint density at radius 2 is 2.00 bits per heavy atom. The normalized spacial score (nSPS) is 10.7. The highest BCUT2D eigenvalue weighted by Gasteiger charge is 2.14. The van der Waals surface area contributed by atoms with Gasteiger partial charge in [-0.2, -0.15) is 0 Å². The minimum atomic E-state index is -0.277. The molecular weight excluding hydrogens is 261 g/mol. The predicted molar refractivity (Wildman–Crippen MR) is 76.3 cm³/mol. The molecule has 0 aliphatic heterocycles. The van der Waals surface area contributed by atoms with Crippen LogP contribution < -0.4 is 0 Å². The second-order valence-electron chi connectivity index (χ2n) is 4.49. The summed E-state index contributed by atoms with van der Waals surface area (Å²) in [6.07, 6.45) is 0. The van der Waals surface area contributed by atoms with E-state index in [9.17, 15) is 9.18 Å². The average Bonchev–Trinajstić information content (AvgIpc) is 2.65. The minimum absolute atomic E-state index is 0.0365. The van der Waals surface area contributed by atoms with Gasteiger partial charge in [0.15, 0.2) is 5.78 Å². The Hall–Kier alpha value is -1.55. The number of hydrogen-bond donors (Lipinski definition) is 0. The van der Waals surface area contributed by atoms with Crippen molar-refractivity contribution in [1.29, 1.82) is 0 Å². The van der Waals surface area contributed by atoms with Crippen LogP contribution in [0.5, 0.6) is 0 Å². The molecule has 0 radical (unpaired) electrons. The lowest BCUT2D eigenvalue weighted by atomic mass is 10.2. The minimum Gasteiger partial charge on any atom is -0.351 e. The molecule has 0 fully saturated rings. The van der Waals surface area contributed by atoms with Crippen LogP contribution in [-0.4, -0.2) is 16.1 Å². The number of halogens is 1. The molecule has 1 aromatic heterocycles. The fourth-order valence-electron chi connectivity index (χ4n) is 1.92. The first-order valence-electron chi connectivity index (χ1n) is 6.04. The summed E-state index contributed by atoms with van der Waals surface area (Å²) in [5.41, 5.74) is 2.73. The SMILES string of the molecule is Cc1cc(C(=O)CSc2ccccc2F)c(C)n1C. The Balaban J connectivity index is 2.10. The maximum absolute atomic E-state index is 13.5. The van der Waals surface area contributed by atoms with Crippen molar-refractivity contribution in [2.75, 3.05) is 5.75 Å². The Bertz CT molecular complexity index is 619. The summed E-state index contributed by atoms with van der Waals surface area (Å²) in [6.45, 7) is 3.89. The molecule has 100 valence electrons. The molecule has 2 aromatic rings. The predicted octanol–water partition coefficient (Wildman–Crippen LogP) is 3.76. The molecule has 1 heterocycles. The number of benzene rings is 1. The van der Waals surface area contributed by atoms with Crippen molar-refractivity contribution < 1.29 is 9.18 Å². The highest BCUT2D eigenvalue weighted by molar-refractivity contribution is 8.00. The summed E-state index contributed by atoms with van der Waals surface area (Å²) in [5.74, 6) is 0.0151. The number of nitrogens with zero attached hydrogens (tertiary/aromatic N) is 1. The smallest absolute Gasteiger partial charge is 0.174 e. The highest BCUT2D eigenvalue weighted by atomic mass is 32.2. The molecule has 0 N–H and O–H groups in total. The number of rotatable bonds is 4. The third-order valence-corrected chi connectivity index (χ3v) is 4.32. The first kappa shape index (κ1) is 13.9. The number of ketones is 1. The monoisotopic (exact) mass is 277 g/mol. The number of Topliss-reactive ketones (excluding diaryl/α,β-unsaturated/α-hetero) is 1. The van der Waals surface area contributed by atoms with E-state index < -0.39 is 0 Å². The fourth-order valence-corrected chi connectivity index (χ4v) is 2.74. The highest BCUT2D eigenvalue weighted by Crippen LogP contribution is 2.23. The first-order valence-corrected chi connectivity index (χ1v) is 7.02. The van der Waals surface area contributed by atoms with E-state index in [1.165, 1.54) is 17.8 Å². The van der Waals surface area contributed by atoms with Crippen molar-refractivity contribution >= 4 is 17.5 Å². The summed E-state index contributed by atoms with van der Waals surface area (Å²) >= 11 is 1.24. The molecule has 0 aliphatic rings. The molecule has 0 aliphatic carbocycles. The molecule has 1 aromatic carbocycles. The van der Waals surface area contributed by atoms with Crippen LogP contribution in [0.15, 0.2) is 35.2 Å². The van der Waals surface area contributed by atoms with Crippen molar-refractivity contribution in [3.8, 4) is 0 Å². The van der Waals surface area contributed by atoms with Gasteiger partial charge in [-0.15, -0.1) is 11.8 Å². The van der Waals surface area contributed by atoms with Gasteiger partial charge in [0.25, 0.3) is 0 Å². The number of thioether (sulfide) groups is 1. The number of aromatic nitrogens is 1. The zero-order chi connectivity index (χ0) is 14.0.